The fraction of sp³-hybridized carbons (Fsp3) is 0.500. The van der Waals surface area contributed by atoms with Crippen molar-refractivity contribution in [3.8, 4) is 0 Å². The number of rotatable bonds is 4. The highest BCUT2D eigenvalue weighted by Gasteiger charge is 2.25. The van der Waals surface area contributed by atoms with E-state index >= 15 is 0 Å². The number of carbonyl (C=O) groups is 1. The van der Waals surface area contributed by atoms with Crippen molar-refractivity contribution in [2.24, 2.45) is 10.9 Å². The first-order valence-corrected chi connectivity index (χ1v) is 7.53. The van der Waals surface area contributed by atoms with Crippen molar-refractivity contribution >= 4 is 11.9 Å². The topological polar surface area (TPSA) is 56.7 Å². The normalized spacial score (nSPS) is 18.4. The van der Waals surface area contributed by atoms with Crippen molar-refractivity contribution in [1.82, 2.24) is 15.5 Å². The van der Waals surface area contributed by atoms with E-state index < -0.39 is 0 Å². The van der Waals surface area contributed by atoms with Crippen LogP contribution >= 0.6 is 0 Å². The second-order valence-corrected chi connectivity index (χ2v) is 5.51. The first-order chi connectivity index (χ1) is 10.6. The van der Waals surface area contributed by atoms with Crippen molar-refractivity contribution in [3.05, 3.63) is 35.6 Å². The zero-order chi connectivity index (χ0) is 15.9. The summed E-state index contributed by atoms with van der Waals surface area (Å²) in [5.41, 5.74) is 1.15. The molecule has 1 aromatic rings. The Balaban J connectivity index is 1.85. The SMILES string of the molecule is CN=C(NCC(=O)NC)N1CCC(Cc2ccc(F)cc2)C1. The van der Waals surface area contributed by atoms with Gasteiger partial charge in [-0.1, -0.05) is 12.1 Å². The minimum atomic E-state index is -0.199. The van der Waals surface area contributed by atoms with Gasteiger partial charge in [0.25, 0.3) is 0 Å². The lowest BCUT2D eigenvalue weighted by Crippen LogP contribution is -2.44. The molecule has 120 valence electrons. The number of carbonyl (C=O) groups excluding carboxylic acids is 1. The summed E-state index contributed by atoms with van der Waals surface area (Å²) in [4.78, 5) is 17.7. The number of nitrogens with zero attached hydrogens (tertiary/aromatic N) is 2. The molecule has 6 heteroatoms. The quantitative estimate of drug-likeness (QED) is 0.645. The molecule has 0 saturated carbocycles. The summed E-state index contributed by atoms with van der Waals surface area (Å²) >= 11 is 0. The third-order valence-corrected chi connectivity index (χ3v) is 3.92. The first-order valence-electron chi connectivity index (χ1n) is 7.53. The monoisotopic (exact) mass is 306 g/mol. The highest BCUT2D eigenvalue weighted by atomic mass is 19.1. The summed E-state index contributed by atoms with van der Waals surface area (Å²) in [6.07, 6.45) is 2.00. The predicted molar refractivity (Wildman–Crippen MR) is 85.2 cm³/mol. The van der Waals surface area contributed by atoms with Crippen LogP contribution in [-0.2, 0) is 11.2 Å². The van der Waals surface area contributed by atoms with Crippen molar-refractivity contribution in [2.75, 3.05) is 33.7 Å². The summed E-state index contributed by atoms with van der Waals surface area (Å²) in [6, 6.07) is 6.70. The number of aliphatic imine (C=N–C) groups is 1. The number of halogens is 1. The van der Waals surface area contributed by atoms with Gasteiger partial charge in [-0.05, 0) is 36.5 Å². The molecule has 1 saturated heterocycles. The fourth-order valence-corrected chi connectivity index (χ4v) is 2.73. The lowest BCUT2D eigenvalue weighted by Gasteiger charge is -2.21. The Kier molecular flexibility index (Phi) is 5.75. The summed E-state index contributed by atoms with van der Waals surface area (Å²) in [7, 11) is 3.33. The maximum Gasteiger partial charge on any atom is 0.239 e. The van der Waals surface area contributed by atoms with Crippen LogP contribution in [0.3, 0.4) is 0 Å². The van der Waals surface area contributed by atoms with Crippen LogP contribution in [0.15, 0.2) is 29.3 Å². The van der Waals surface area contributed by atoms with Crippen molar-refractivity contribution < 1.29 is 9.18 Å². The second kappa shape index (κ2) is 7.77. The zero-order valence-corrected chi connectivity index (χ0v) is 13.1. The molecule has 1 unspecified atom stereocenters. The van der Waals surface area contributed by atoms with Gasteiger partial charge in [0.15, 0.2) is 5.96 Å². The number of likely N-dealkylation sites (N-methyl/N-ethyl adjacent to an activating group) is 1. The molecule has 2 rings (SSSR count). The predicted octanol–water partition coefficient (Wildman–Crippen LogP) is 1.01. The van der Waals surface area contributed by atoms with E-state index in [2.05, 4.69) is 20.5 Å². The molecule has 5 nitrogen and oxygen atoms in total. The van der Waals surface area contributed by atoms with Gasteiger partial charge in [0, 0.05) is 27.2 Å². The molecule has 22 heavy (non-hydrogen) atoms. The van der Waals surface area contributed by atoms with E-state index in [1.165, 1.54) is 12.1 Å². The van der Waals surface area contributed by atoms with Gasteiger partial charge in [-0.3, -0.25) is 9.79 Å². The zero-order valence-electron chi connectivity index (χ0n) is 13.1. The number of guanidine groups is 1. The van der Waals surface area contributed by atoms with Gasteiger partial charge in [0.05, 0.1) is 6.54 Å². The van der Waals surface area contributed by atoms with Crippen molar-refractivity contribution in [2.45, 2.75) is 12.8 Å². The largest absolute Gasteiger partial charge is 0.358 e. The summed E-state index contributed by atoms with van der Waals surface area (Å²) in [5.74, 6) is 1.01. The maximum atomic E-state index is 12.9. The molecule has 0 aliphatic carbocycles. The summed E-state index contributed by atoms with van der Waals surface area (Å²) in [5, 5.41) is 5.64. The number of benzene rings is 1. The Morgan fingerprint density at radius 2 is 2.14 bits per heavy atom. The minimum Gasteiger partial charge on any atom is -0.358 e. The van der Waals surface area contributed by atoms with Gasteiger partial charge < -0.3 is 15.5 Å². The average Bonchev–Trinajstić information content (AvgIpc) is 2.98. The molecular weight excluding hydrogens is 283 g/mol. The number of hydrogen-bond acceptors (Lipinski definition) is 2. The Morgan fingerprint density at radius 3 is 2.77 bits per heavy atom. The molecule has 0 bridgehead atoms. The molecule has 1 aliphatic heterocycles. The molecule has 2 N–H and O–H groups in total. The molecule has 1 aliphatic rings. The van der Waals surface area contributed by atoms with E-state index in [-0.39, 0.29) is 18.3 Å². The van der Waals surface area contributed by atoms with Crippen LogP contribution in [0.5, 0.6) is 0 Å². The molecule has 1 atom stereocenters. The third-order valence-electron chi connectivity index (χ3n) is 3.92. The van der Waals surface area contributed by atoms with E-state index in [0.717, 1.165) is 37.5 Å². The second-order valence-electron chi connectivity index (χ2n) is 5.51. The molecule has 1 aromatic carbocycles. The minimum absolute atomic E-state index is 0.0665. The van der Waals surface area contributed by atoms with E-state index in [4.69, 9.17) is 0 Å². The highest BCUT2D eigenvalue weighted by molar-refractivity contribution is 5.86. The molecule has 0 spiro atoms. The molecule has 0 radical (unpaired) electrons. The number of likely N-dealkylation sites (tertiary alicyclic amines) is 1. The molecule has 1 fully saturated rings. The molecular formula is C16H23FN4O. The lowest BCUT2D eigenvalue weighted by molar-refractivity contribution is -0.119. The van der Waals surface area contributed by atoms with Gasteiger partial charge in [0.2, 0.25) is 5.91 Å². The number of nitrogens with one attached hydrogen (secondary N) is 2. The standard InChI is InChI=1S/C16H23FN4O/c1-18-15(22)10-20-16(19-2)21-8-7-13(11-21)9-12-3-5-14(17)6-4-12/h3-6,13H,7-11H2,1-2H3,(H,18,22)(H,19,20). The molecule has 1 heterocycles. The van der Waals surface area contributed by atoms with Crippen LogP contribution in [0, 0.1) is 11.7 Å². The van der Waals surface area contributed by atoms with Crippen molar-refractivity contribution in [3.63, 3.8) is 0 Å². The van der Waals surface area contributed by atoms with Crippen LogP contribution in [0.2, 0.25) is 0 Å². The van der Waals surface area contributed by atoms with Gasteiger partial charge in [0.1, 0.15) is 5.82 Å². The van der Waals surface area contributed by atoms with E-state index in [1.54, 1.807) is 14.1 Å². The van der Waals surface area contributed by atoms with Crippen LogP contribution in [0.25, 0.3) is 0 Å². The number of hydrogen-bond donors (Lipinski definition) is 2. The Morgan fingerprint density at radius 1 is 1.41 bits per heavy atom. The Bertz CT molecular complexity index is 529. The maximum absolute atomic E-state index is 12.9. The highest BCUT2D eigenvalue weighted by Crippen LogP contribution is 2.21. The van der Waals surface area contributed by atoms with E-state index in [0.29, 0.717) is 5.92 Å². The van der Waals surface area contributed by atoms with Gasteiger partial charge in [-0.2, -0.15) is 0 Å². The Labute approximate surface area is 130 Å². The van der Waals surface area contributed by atoms with E-state index in [9.17, 15) is 9.18 Å². The van der Waals surface area contributed by atoms with Crippen molar-refractivity contribution in [1.29, 1.82) is 0 Å². The molecule has 1 amide bonds. The summed E-state index contributed by atoms with van der Waals surface area (Å²) < 4.78 is 12.9. The third kappa shape index (κ3) is 4.44. The van der Waals surface area contributed by atoms with Crippen LogP contribution in [-0.4, -0.2) is 50.5 Å². The smallest absolute Gasteiger partial charge is 0.239 e. The van der Waals surface area contributed by atoms with Crippen LogP contribution < -0.4 is 10.6 Å². The first kappa shape index (κ1) is 16.3. The number of amides is 1. The average molecular weight is 306 g/mol. The Hall–Kier alpha value is -2.11. The summed E-state index contributed by atoms with van der Waals surface area (Å²) in [6.45, 7) is 2.03. The fourth-order valence-electron chi connectivity index (χ4n) is 2.73. The van der Waals surface area contributed by atoms with E-state index in [1.807, 2.05) is 12.1 Å². The van der Waals surface area contributed by atoms with Gasteiger partial charge in [-0.25, -0.2) is 4.39 Å². The van der Waals surface area contributed by atoms with Crippen LogP contribution in [0.1, 0.15) is 12.0 Å². The van der Waals surface area contributed by atoms with Crippen LogP contribution in [0.4, 0.5) is 4.39 Å². The van der Waals surface area contributed by atoms with Gasteiger partial charge in [-0.15, -0.1) is 0 Å². The lowest BCUT2D eigenvalue weighted by atomic mass is 9.99. The molecule has 0 aromatic heterocycles. The van der Waals surface area contributed by atoms with Gasteiger partial charge >= 0.3 is 0 Å².